The summed E-state index contributed by atoms with van der Waals surface area (Å²) in [5.74, 6) is -3.16. The Kier molecular flexibility index (Phi) is 5.71. The summed E-state index contributed by atoms with van der Waals surface area (Å²) in [7, 11) is 0. The van der Waals surface area contributed by atoms with Gasteiger partial charge in [0.2, 0.25) is 0 Å². The first kappa shape index (κ1) is 18.2. The van der Waals surface area contributed by atoms with E-state index < -0.39 is 23.8 Å². The Labute approximate surface area is 153 Å². The van der Waals surface area contributed by atoms with E-state index in [-0.39, 0.29) is 18.4 Å². The van der Waals surface area contributed by atoms with Gasteiger partial charge in [0.15, 0.2) is 0 Å². The van der Waals surface area contributed by atoms with Gasteiger partial charge in [-0.2, -0.15) is 0 Å². The van der Waals surface area contributed by atoms with Crippen LogP contribution in [-0.2, 0) is 14.3 Å². The second kappa shape index (κ2) is 8.17. The molecular formula is C22H24O4. The highest BCUT2D eigenvalue weighted by atomic mass is 16.5. The van der Waals surface area contributed by atoms with E-state index in [4.69, 9.17) is 4.74 Å². The zero-order chi connectivity index (χ0) is 18.5. The van der Waals surface area contributed by atoms with Crippen molar-refractivity contribution < 1.29 is 19.4 Å². The molecule has 0 aromatic heterocycles. The van der Waals surface area contributed by atoms with E-state index in [1.807, 2.05) is 60.7 Å². The van der Waals surface area contributed by atoms with Gasteiger partial charge in [-0.1, -0.05) is 60.7 Å². The number of ether oxygens (including phenoxy) is 1. The molecule has 4 nitrogen and oxygen atoms in total. The van der Waals surface area contributed by atoms with Crippen molar-refractivity contribution in [1.82, 2.24) is 0 Å². The van der Waals surface area contributed by atoms with Gasteiger partial charge in [0.05, 0.1) is 18.4 Å². The zero-order valence-electron chi connectivity index (χ0n) is 14.9. The van der Waals surface area contributed by atoms with E-state index in [2.05, 4.69) is 0 Å². The Balaban J connectivity index is 2.03. The van der Waals surface area contributed by atoms with Crippen LogP contribution in [0.3, 0.4) is 0 Å². The topological polar surface area (TPSA) is 63.6 Å². The summed E-state index contributed by atoms with van der Waals surface area (Å²) in [5, 5.41) is 10.0. The lowest BCUT2D eigenvalue weighted by atomic mass is 9.63. The van der Waals surface area contributed by atoms with Gasteiger partial charge in [-0.3, -0.25) is 9.59 Å². The summed E-state index contributed by atoms with van der Waals surface area (Å²) in [6.07, 6.45) is 1.49. The zero-order valence-corrected chi connectivity index (χ0v) is 14.9. The maximum Gasteiger partial charge on any atom is 0.310 e. The minimum Gasteiger partial charge on any atom is -0.481 e. The van der Waals surface area contributed by atoms with Gasteiger partial charge in [0.25, 0.3) is 0 Å². The molecule has 0 amide bonds. The molecule has 3 rings (SSSR count). The van der Waals surface area contributed by atoms with Crippen molar-refractivity contribution >= 4 is 11.9 Å². The second-order valence-electron chi connectivity index (χ2n) is 6.75. The van der Waals surface area contributed by atoms with Crippen LogP contribution in [0.1, 0.15) is 42.7 Å². The number of benzene rings is 2. The Morgan fingerprint density at radius 1 is 0.885 bits per heavy atom. The third-order valence-corrected chi connectivity index (χ3v) is 5.34. The highest BCUT2D eigenvalue weighted by Crippen LogP contribution is 2.48. The smallest absolute Gasteiger partial charge is 0.310 e. The molecule has 0 bridgehead atoms. The van der Waals surface area contributed by atoms with Crippen molar-refractivity contribution in [3.63, 3.8) is 0 Å². The van der Waals surface area contributed by atoms with E-state index in [1.165, 1.54) is 0 Å². The lowest BCUT2D eigenvalue weighted by Gasteiger charge is -2.40. The predicted octanol–water partition coefficient (Wildman–Crippen LogP) is 4.23. The molecule has 26 heavy (non-hydrogen) atoms. The minimum absolute atomic E-state index is 0.142. The molecule has 1 N–H and O–H groups in total. The van der Waals surface area contributed by atoms with E-state index in [0.29, 0.717) is 0 Å². The minimum atomic E-state index is -0.933. The fraction of sp³-hybridized carbons (Fsp3) is 0.364. The first-order valence-corrected chi connectivity index (χ1v) is 9.12. The fourth-order valence-electron chi connectivity index (χ4n) is 4.24. The summed E-state index contributed by atoms with van der Waals surface area (Å²) < 4.78 is 5.30. The Morgan fingerprint density at radius 3 is 1.77 bits per heavy atom. The van der Waals surface area contributed by atoms with Crippen molar-refractivity contribution in [2.24, 2.45) is 11.8 Å². The molecule has 1 aliphatic rings. The lowest BCUT2D eigenvalue weighted by Crippen LogP contribution is -2.42. The van der Waals surface area contributed by atoms with E-state index in [1.54, 1.807) is 6.92 Å². The maximum atomic E-state index is 12.8. The van der Waals surface area contributed by atoms with Gasteiger partial charge in [0, 0.05) is 0 Å². The van der Waals surface area contributed by atoms with Crippen molar-refractivity contribution in [3.05, 3.63) is 71.8 Å². The highest BCUT2D eigenvalue weighted by Gasteiger charge is 2.48. The summed E-state index contributed by atoms with van der Waals surface area (Å²) in [6, 6.07) is 19.4. The van der Waals surface area contributed by atoms with Crippen LogP contribution in [0.25, 0.3) is 0 Å². The van der Waals surface area contributed by atoms with Gasteiger partial charge < -0.3 is 9.84 Å². The molecule has 0 heterocycles. The Bertz CT molecular complexity index is 741. The molecule has 1 saturated carbocycles. The third-order valence-electron chi connectivity index (χ3n) is 5.34. The van der Waals surface area contributed by atoms with Crippen LogP contribution in [0.5, 0.6) is 0 Å². The maximum absolute atomic E-state index is 12.8. The van der Waals surface area contributed by atoms with Gasteiger partial charge >= 0.3 is 11.9 Å². The molecule has 1 aliphatic carbocycles. The van der Waals surface area contributed by atoms with Crippen molar-refractivity contribution in [1.29, 1.82) is 0 Å². The number of hydrogen-bond donors (Lipinski definition) is 1. The molecule has 4 heteroatoms. The summed E-state index contributed by atoms with van der Waals surface area (Å²) in [6.45, 7) is 2.00. The highest BCUT2D eigenvalue weighted by molar-refractivity contribution is 5.83. The molecule has 0 spiro atoms. The average Bonchev–Trinajstić information content (AvgIpc) is 2.68. The molecule has 0 radical (unpaired) electrons. The molecule has 0 aliphatic heterocycles. The number of aliphatic carboxylic acids is 1. The quantitative estimate of drug-likeness (QED) is 0.818. The third kappa shape index (κ3) is 3.64. The summed E-state index contributed by atoms with van der Waals surface area (Å²) in [4.78, 5) is 25.0. The molecule has 2 aromatic rings. The SMILES string of the molecule is CCOC(=O)[C@H]1[C@@H](C(=O)O)[C@@H](c2ccccc2)CC[C@@H]1c1ccccc1. The first-order valence-electron chi connectivity index (χ1n) is 9.12. The first-order chi connectivity index (χ1) is 12.6. The lowest BCUT2D eigenvalue weighted by molar-refractivity contribution is -0.161. The average molecular weight is 352 g/mol. The van der Waals surface area contributed by atoms with Crippen LogP contribution < -0.4 is 0 Å². The van der Waals surface area contributed by atoms with Crippen molar-refractivity contribution in [3.8, 4) is 0 Å². The molecule has 1 fully saturated rings. The number of carbonyl (C=O) groups excluding carboxylic acids is 1. The van der Waals surface area contributed by atoms with Gasteiger partial charge in [0.1, 0.15) is 0 Å². The van der Waals surface area contributed by atoms with Crippen LogP contribution in [0.4, 0.5) is 0 Å². The Hall–Kier alpha value is -2.62. The second-order valence-corrected chi connectivity index (χ2v) is 6.75. The standard InChI is InChI=1S/C22H24O4/c1-2-26-22(25)20-18(16-11-7-4-8-12-16)14-13-17(19(20)21(23)24)15-9-5-3-6-10-15/h3-12,17-20H,2,13-14H2,1H3,(H,23,24)/t17-,18-,19+,20-/m1/s1. The van der Waals surface area contributed by atoms with Gasteiger partial charge in [-0.25, -0.2) is 0 Å². The van der Waals surface area contributed by atoms with Crippen LogP contribution >= 0.6 is 0 Å². The van der Waals surface area contributed by atoms with Crippen LogP contribution in [0, 0.1) is 11.8 Å². The molecular weight excluding hydrogens is 328 g/mol. The van der Waals surface area contributed by atoms with Gasteiger partial charge in [-0.15, -0.1) is 0 Å². The van der Waals surface area contributed by atoms with E-state index in [9.17, 15) is 14.7 Å². The molecule has 0 saturated heterocycles. The predicted molar refractivity (Wildman–Crippen MR) is 98.8 cm³/mol. The monoisotopic (exact) mass is 352 g/mol. The van der Waals surface area contributed by atoms with E-state index in [0.717, 1.165) is 24.0 Å². The number of hydrogen-bond acceptors (Lipinski definition) is 3. The van der Waals surface area contributed by atoms with Crippen molar-refractivity contribution in [2.45, 2.75) is 31.6 Å². The number of esters is 1. The molecule has 4 atom stereocenters. The summed E-state index contributed by atoms with van der Waals surface area (Å²) in [5.41, 5.74) is 1.98. The van der Waals surface area contributed by atoms with Crippen LogP contribution in [0.2, 0.25) is 0 Å². The number of rotatable bonds is 5. The van der Waals surface area contributed by atoms with Gasteiger partial charge in [-0.05, 0) is 42.7 Å². The van der Waals surface area contributed by atoms with Crippen LogP contribution in [-0.4, -0.2) is 23.7 Å². The number of carbonyl (C=O) groups is 2. The van der Waals surface area contributed by atoms with Crippen molar-refractivity contribution in [2.75, 3.05) is 6.61 Å². The normalized spacial score (nSPS) is 25.4. The number of carboxylic acid groups (broad SMARTS) is 1. The Morgan fingerprint density at radius 2 is 1.35 bits per heavy atom. The molecule has 2 aromatic carbocycles. The molecule has 136 valence electrons. The van der Waals surface area contributed by atoms with E-state index >= 15 is 0 Å². The largest absolute Gasteiger partial charge is 0.481 e. The summed E-state index contributed by atoms with van der Waals surface area (Å²) >= 11 is 0. The molecule has 0 unspecified atom stereocenters. The fourth-order valence-corrected chi connectivity index (χ4v) is 4.24. The van der Waals surface area contributed by atoms with Crippen LogP contribution in [0.15, 0.2) is 60.7 Å². The number of carboxylic acids is 1.